The van der Waals surface area contributed by atoms with Crippen molar-refractivity contribution in [2.24, 2.45) is 29.2 Å². The number of nitrogens with one attached hydrogen (secondary N) is 9. The van der Waals surface area contributed by atoms with Crippen LogP contribution in [0.25, 0.3) is 0 Å². The molecule has 0 saturated carbocycles. The topological polar surface area (TPSA) is 422 Å². The van der Waals surface area contributed by atoms with E-state index in [0.717, 1.165) is 6.92 Å². The molecule has 0 aliphatic carbocycles. The minimum atomic E-state index is -5.68. The van der Waals surface area contributed by atoms with Gasteiger partial charge in [0.25, 0.3) is 0 Å². The Balaban J connectivity index is 6.52. The summed E-state index contributed by atoms with van der Waals surface area (Å²) in [5, 5.41) is 55.2. The summed E-state index contributed by atoms with van der Waals surface area (Å²) >= 11 is 0. The van der Waals surface area contributed by atoms with Crippen molar-refractivity contribution < 1.29 is 99.1 Å². The maximum absolute atomic E-state index is 14.0. The molecule has 0 aliphatic heterocycles. The van der Waals surface area contributed by atoms with Crippen LogP contribution in [0.3, 0.4) is 0 Å². The highest BCUT2D eigenvalue weighted by Gasteiger charge is 2.45. The summed E-state index contributed by atoms with van der Waals surface area (Å²) in [6, 6.07) is -12.7. The summed E-state index contributed by atoms with van der Waals surface area (Å²) in [5.74, 6) is -18.2. The van der Waals surface area contributed by atoms with E-state index in [-0.39, 0.29) is 38.1 Å². The summed E-state index contributed by atoms with van der Waals surface area (Å²) < 4.78 is 84.8. The maximum atomic E-state index is 14.0. The molecule has 11 atom stereocenters. The van der Waals surface area contributed by atoms with Crippen molar-refractivity contribution in [1.82, 2.24) is 42.5 Å². The Labute approximate surface area is 414 Å². The predicted molar refractivity (Wildman–Crippen MR) is 239 cm³/mol. The Bertz CT molecular complexity index is 1940. The molecule has 418 valence electrons. The van der Waals surface area contributed by atoms with Gasteiger partial charge in [0.2, 0.25) is 41.4 Å². The van der Waals surface area contributed by atoms with Gasteiger partial charge < -0.3 is 78.8 Å². The summed E-state index contributed by atoms with van der Waals surface area (Å²) in [7, 11) is 0. The van der Waals surface area contributed by atoms with Crippen LogP contribution in [0.1, 0.15) is 81.1 Å². The molecule has 0 aromatic heterocycles. The van der Waals surface area contributed by atoms with Crippen molar-refractivity contribution in [3.63, 3.8) is 0 Å². The van der Waals surface area contributed by atoms with Gasteiger partial charge in [-0.15, -0.1) is 0 Å². The molecule has 32 heteroatoms. The van der Waals surface area contributed by atoms with E-state index in [4.69, 9.17) is 16.9 Å². The van der Waals surface area contributed by atoms with Crippen LogP contribution in [0.5, 0.6) is 0 Å². The summed E-state index contributed by atoms with van der Waals surface area (Å²) in [4.78, 5) is 128. The van der Waals surface area contributed by atoms with E-state index in [1.165, 1.54) is 12.2 Å². The first-order valence-corrected chi connectivity index (χ1v) is 22.5. The third kappa shape index (κ3) is 24.1. The number of carboxylic acids is 1. The number of carbonyl (C=O) groups excluding carboxylic acids is 9. The first kappa shape index (κ1) is 66.4. The van der Waals surface area contributed by atoms with Crippen molar-refractivity contribution >= 4 is 65.2 Å². The van der Waals surface area contributed by atoms with Crippen molar-refractivity contribution in [2.45, 2.75) is 154 Å². The van der Waals surface area contributed by atoms with Gasteiger partial charge in [-0.2, -0.15) is 26.3 Å². The van der Waals surface area contributed by atoms with Crippen LogP contribution in [-0.4, -0.2) is 173 Å². The number of amides is 7. The quantitative estimate of drug-likeness (QED) is 0.0111. The summed E-state index contributed by atoms with van der Waals surface area (Å²) in [5.41, 5.74) is 11.3. The molecule has 0 aromatic rings. The van der Waals surface area contributed by atoms with Gasteiger partial charge in [-0.25, -0.2) is 14.4 Å². The summed E-state index contributed by atoms with van der Waals surface area (Å²) in [6.45, 7) is 8.54. The molecule has 0 heterocycles. The molecule has 7 amide bonds. The zero-order valence-electron chi connectivity index (χ0n) is 41.1. The number of halogens is 6. The molecule has 26 nitrogen and oxygen atoms in total. The second kappa shape index (κ2) is 30.5. The van der Waals surface area contributed by atoms with E-state index in [1.807, 2.05) is 5.32 Å². The molecule has 0 aliphatic rings. The highest BCUT2D eigenvalue weighted by molar-refractivity contribution is 5.97. The van der Waals surface area contributed by atoms with Gasteiger partial charge >= 0.3 is 30.3 Å². The number of ether oxygens (including phenoxy) is 2. The minimum Gasteiger partial charge on any atom is -0.480 e. The molecule has 73 heavy (non-hydrogen) atoms. The standard InChI is InChI=1S/C41H67F6N11O15/c1-9-18(6)26(57-30(62)21(11-10-12-51-39(49)50)53-31(63)22(13-16(2)3)54-32(64)25(48)29(61)17(4)5)34(66)58-27(19(7)59)33(65)52-14-24(60)56-28(20(8)73-38(71)41(45,46)47)35(67)55-23(36(68)69)15-72-37(70)40(42,43)44/h16-23,25-29,59,61H,9-15,48H2,1-8H3,(H,52,65)(H,53,63)(H,54,64)(H,55,67)(H,56,60)(H,57,62)(H,58,66)(H,68,69)(H4,49,50,51)/t18-,19-,20-,21+,22-,23-,25-,26-,27-,28-,29+/m0/s1. The third-order valence-electron chi connectivity index (χ3n) is 10.4. The van der Waals surface area contributed by atoms with E-state index in [9.17, 15) is 89.6 Å². The molecule has 0 saturated heterocycles. The number of aliphatic hydroxyl groups is 2. The van der Waals surface area contributed by atoms with E-state index in [2.05, 4.69) is 36.1 Å². The van der Waals surface area contributed by atoms with Gasteiger partial charge in [0.15, 0.2) is 12.0 Å². The lowest BCUT2D eigenvalue weighted by atomic mass is 9.96. The third-order valence-corrected chi connectivity index (χ3v) is 10.4. The number of hydrogen-bond acceptors (Lipinski definition) is 16. The number of carbonyl (C=O) groups is 10. The van der Waals surface area contributed by atoms with Gasteiger partial charge in [-0.05, 0) is 50.9 Å². The van der Waals surface area contributed by atoms with Crippen LogP contribution in [0.4, 0.5) is 26.3 Å². The number of nitrogens with two attached hydrogens (primary N) is 2. The van der Waals surface area contributed by atoms with E-state index in [1.54, 1.807) is 39.9 Å². The number of rotatable bonds is 30. The Hall–Kier alpha value is -6.57. The molecule has 0 aromatic carbocycles. The molecule has 0 spiro atoms. The minimum absolute atomic E-state index is 0.0398. The van der Waals surface area contributed by atoms with Crippen LogP contribution < -0.4 is 54.0 Å². The SMILES string of the molecule is CC[C@H](C)[C@H](NC(=O)[C@@H](CCCNC(=N)N)NC(=O)[C@H](CC(C)C)NC(=O)[C@@H](N)[C@H](O)C(C)C)C(=O)N[C@H](C(=O)NCC(=O)N[C@H](C(=O)N[C@@H](COC(=O)C(F)(F)F)C(=O)O)[C@H](C)OC(=O)C(F)(F)F)[C@H](C)O. The van der Waals surface area contributed by atoms with Gasteiger partial charge in [-0.1, -0.05) is 48.0 Å². The molecule has 0 fully saturated rings. The number of alkyl halides is 6. The second-order valence-corrected chi connectivity index (χ2v) is 17.5. The normalized spacial score (nSPS) is 16.2. The Morgan fingerprint density at radius 1 is 0.644 bits per heavy atom. The fourth-order valence-electron chi connectivity index (χ4n) is 6.09. The number of guanidine groups is 1. The predicted octanol–water partition coefficient (Wildman–Crippen LogP) is -3.22. The monoisotopic (exact) mass is 1070 g/mol. The number of carboxylic acid groups (broad SMARTS) is 1. The lowest BCUT2D eigenvalue weighted by Gasteiger charge is -2.30. The number of hydrogen-bond donors (Lipinski definition) is 14. The van der Waals surface area contributed by atoms with Gasteiger partial charge in [0.1, 0.15) is 49.0 Å². The van der Waals surface area contributed by atoms with Gasteiger partial charge in [0, 0.05) is 6.54 Å². The molecular formula is C41H67F6N11O15. The molecule has 0 bridgehead atoms. The Kier molecular flexibility index (Phi) is 27.7. The highest BCUT2D eigenvalue weighted by atomic mass is 19.4. The fourth-order valence-corrected chi connectivity index (χ4v) is 6.09. The zero-order chi connectivity index (χ0) is 56.9. The van der Waals surface area contributed by atoms with E-state index >= 15 is 0 Å². The highest BCUT2D eigenvalue weighted by Crippen LogP contribution is 2.19. The first-order valence-electron chi connectivity index (χ1n) is 22.5. The molecule has 0 rings (SSSR count). The number of aliphatic carboxylic acids is 1. The van der Waals surface area contributed by atoms with Crippen molar-refractivity contribution in [1.29, 1.82) is 5.41 Å². The average molecular weight is 1070 g/mol. The van der Waals surface area contributed by atoms with Crippen LogP contribution in [-0.2, 0) is 57.4 Å². The summed E-state index contributed by atoms with van der Waals surface area (Å²) in [6.07, 6.45) is -16.5. The van der Waals surface area contributed by atoms with Crippen molar-refractivity contribution in [3.05, 3.63) is 0 Å². The van der Waals surface area contributed by atoms with Crippen LogP contribution in [0.15, 0.2) is 0 Å². The number of esters is 2. The van der Waals surface area contributed by atoms with Crippen LogP contribution in [0, 0.1) is 23.2 Å². The lowest BCUT2D eigenvalue weighted by Crippen LogP contribution is -2.62. The van der Waals surface area contributed by atoms with Crippen LogP contribution >= 0.6 is 0 Å². The van der Waals surface area contributed by atoms with Crippen molar-refractivity contribution in [2.75, 3.05) is 19.7 Å². The van der Waals surface area contributed by atoms with E-state index in [0.29, 0.717) is 6.92 Å². The van der Waals surface area contributed by atoms with Gasteiger partial charge in [0.05, 0.1) is 18.8 Å². The van der Waals surface area contributed by atoms with Gasteiger partial charge in [-0.3, -0.25) is 39.0 Å². The molecule has 0 radical (unpaired) electrons. The molecule has 16 N–H and O–H groups in total. The first-order chi connectivity index (χ1) is 33.5. The van der Waals surface area contributed by atoms with Crippen molar-refractivity contribution in [3.8, 4) is 0 Å². The maximum Gasteiger partial charge on any atom is 0.490 e. The van der Waals surface area contributed by atoms with E-state index < -0.39 is 163 Å². The molecule has 0 unspecified atom stereocenters. The Morgan fingerprint density at radius 2 is 1.15 bits per heavy atom. The second-order valence-electron chi connectivity index (χ2n) is 17.5. The molecular weight excluding hydrogens is 1000 g/mol. The smallest absolute Gasteiger partial charge is 0.480 e. The van der Waals surface area contributed by atoms with Crippen LogP contribution in [0.2, 0.25) is 0 Å². The lowest BCUT2D eigenvalue weighted by molar-refractivity contribution is -0.205. The number of aliphatic hydroxyl groups excluding tert-OH is 2. The largest absolute Gasteiger partial charge is 0.490 e. The fraction of sp³-hybridized carbons (Fsp3) is 0.732. The average Bonchev–Trinajstić information content (AvgIpc) is 3.27. The Morgan fingerprint density at radius 3 is 1.63 bits per heavy atom. The zero-order valence-corrected chi connectivity index (χ0v) is 41.1.